The minimum absolute atomic E-state index is 0.0304. The molecule has 3 fully saturated rings. The predicted molar refractivity (Wildman–Crippen MR) is 56.4 cm³/mol. The number of nitrogens with zero attached hydrogens (tertiary/aromatic N) is 1. The van der Waals surface area contributed by atoms with Crippen LogP contribution < -0.4 is 5.73 Å². The van der Waals surface area contributed by atoms with Crippen LogP contribution in [0.2, 0.25) is 0 Å². The third-order valence-corrected chi connectivity index (χ3v) is 4.51. The van der Waals surface area contributed by atoms with Gasteiger partial charge in [0.2, 0.25) is 0 Å². The van der Waals surface area contributed by atoms with Gasteiger partial charge in [-0.2, -0.15) is 0 Å². The van der Waals surface area contributed by atoms with Crippen molar-refractivity contribution in [1.82, 2.24) is 4.90 Å². The highest BCUT2D eigenvalue weighted by molar-refractivity contribution is 8.00. The van der Waals surface area contributed by atoms with E-state index in [-0.39, 0.29) is 11.9 Å². The fourth-order valence-electron chi connectivity index (χ4n) is 2.34. The Kier molecular flexibility index (Phi) is 1.89. The summed E-state index contributed by atoms with van der Waals surface area (Å²) in [5, 5.41) is 0.528. The zero-order valence-corrected chi connectivity index (χ0v) is 8.64. The van der Waals surface area contributed by atoms with Gasteiger partial charge >= 0.3 is 0 Å². The van der Waals surface area contributed by atoms with Crippen molar-refractivity contribution in [1.29, 1.82) is 0 Å². The molecule has 0 radical (unpaired) electrons. The largest absolute Gasteiger partial charge is 0.353 e. The summed E-state index contributed by atoms with van der Waals surface area (Å²) >= 11 is 1.94. The Bertz CT molecular complexity index is 312. The average molecular weight is 212 g/mol. The molecular formula is C10H13FN2S. The maximum absolute atomic E-state index is 13.6. The number of allylic oxidation sites excluding steroid dienone is 1. The Morgan fingerprint density at radius 3 is 3.00 bits per heavy atom. The van der Waals surface area contributed by atoms with Gasteiger partial charge in [0.1, 0.15) is 5.83 Å². The summed E-state index contributed by atoms with van der Waals surface area (Å²) in [6.45, 7) is 0. The van der Waals surface area contributed by atoms with E-state index in [2.05, 4.69) is 4.90 Å². The molecule has 4 heteroatoms. The first-order valence-corrected chi connectivity index (χ1v) is 6.03. The van der Waals surface area contributed by atoms with Crippen LogP contribution in [0.1, 0.15) is 12.8 Å². The van der Waals surface area contributed by atoms with Crippen molar-refractivity contribution < 1.29 is 4.39 Å². The highest BCUT2D eigenvalue weighted by Gasteiger charge is 2.46. The minimum Gasteiger partial charge on any atom is -0.353 e. The molecular weight excluding hydrogens is 199 g/mol. The zero-order valence-electron chi connectivity index (χ0n) is 7.82. The van der Waals surface area contributed by atoms with Crippen molar-refractivity contribution in [3.8, 4) is 0 Å². The predicted octanol–water partition coefficient (Wildman–Crippen LogP) is 1.60. The van der Waals surface area contributed by atoms with Crippen LogP contribution in [0.15, 0.2) is 23.7 Å². The van der Waals surface area contributed by atoms with E-state index >= 15 is 0 Å². The fourth-order valence-corrected chi connectivity index (χ4v) is 3.88. The number of hydrogen-bond acceptors (Lipinski definition) is 3. The summed E-state index contributed by atoms with van der Waals surface area (Å²) < 4.78 is 13.6. The molecule has 0 spiro atoms. The zero-order chi connectivity index (χ0) is 9.71. The van der Waals surface area contributed by atoms with Crippen molar-refractivity contribution >= 4 is 11.8 Å². The smallest absolute Gasteiger partial charge is 0.125 e. The highest BCUT2D eigenvalue weighted by atomic mass is 32.2. The standard InChI is InChI=1S/C10H13FN2S/c11-8-3-6(12)1-2-9(8)13-7-4-10(13)14-5-7/h1-2,6-7,10H,3-5,12H2. The molecule has 2 bridgehead atoms. The maximum atomic E-state index is 13.6. The van der Waals surface area contributed by atoms with E-state index < -0.39 is 0 Å². The summed E-state index contributed by atoms with van der Waals surface area (Å²) in [6.07, 6.45) is 5.35. The van der Waals surface area contributed by atoms with Crippen molar-refractivity contribution in [2.24, 2.45) is 5.73 Å². The molecule has 3 atom stereocenters. The molecule has 0 saturated carbocycles. The Morgan fingerprint density at radius 1 is 1.57 bits per heavy atom. The summed E-state index contributed by atoms with van der Waals surface area (Å²) in [7, 11) is 0. The lowest BCUT2D eigenvalue weighted by Crippen LogP contribution is -2.48. The van der Waals surface area contributed by atoms with Crippen molar-refractivity contribution in [3.63, 3.8) is 0 Å². The van der Waals surface area contributed by atoms with Gasteiger partial charge in [-0.3, -0.25) is 0 Å². The molecule has 76 valence electrons. The summed E-state index contributed by atoms with van der Waals surface area (Å²) in [6, 6.07) is 0.440. The van der Waals surface area contributed by atoms with Gasteiger partial charge < -0.3 is 10.6 Å². The Hall–Kier alpha value is -0.480. The number of hydrogen-bond donors (Lipinski definition) is 1. The van der Waals surface area contributed by atoms with Crippen LogP contribution in [-0.4, -0.2) is 28.1 Å². The van der Waals surface area contributed by atoms with E-state index in [1.165, 1.54) is 6.42 Å². The third-order valence-electron chi connectivity index (χ3n) is 3.13. The van der Waals surface area contributed by atoms with Crippen LogP contribution in [0, 0.1) is 0 Å². The molecule has 4 rings (SSSR count). The maximum Gasteiger partial charge on any atom is 0.125 e. The fraction of sp³-hybridized carbons (Fsp3) is 0.600. The molecule has 14 heavy (non-hydrogen) atoms. The van der Waals surface area contributed by atoms with Crippen LogP contribution >= 0.6 is 11.8 Å². The van der Waals surface area contributed by atoms with E-state index in [4.69, 9.17) is 5.73 Å². The van der Waals surface area contributed by atoms with Crippen LogP contribution in [-0.2, 0) is 0 Å². The monoisotopic (exact) mass is 212 g/mol. The summed E-state index contributed by atoms with van der Waals surface area (Å²) in [4.78, 5) is 2.21. The van der Waals surface area contributed by atoms with Gasteiger partial charge in [-0.05, 0) is 12.5 Å². The molecule has 4 aliphatic rings. The molecule has 3 unspecified atom stereocenters. The van der Waals surface area contributed by atoms with E-state index in [9.17, 15) is 4.39 Å². The topological polar surface area (TPSA) is 29.3 Å². The molecule has 2 N–H and O–H groups in total. The van der Waals surface area contributed by atoms with Crippen LogP contribution in [0.3, 0.4) is 0 Å². The van der Waals surface area contributed by atoms with Gasteiger partial charge in [0.25, 0.3) is 0 Å². The first-order valence-electron chi connectivity index (χ1n) is 4.98. The van der Waals surface area contributed by atoms with Crippen molar-refractivity contribution in [2.45, 2.75) is 30.3 Å². The molecule has 3 heterocycles. The van der Waals surface area contributed by atoms with E-state index in [1.807, 2.05) is 23.9 Å². The Labute approximate surface area is 87.0 Å². The van der Waals surface area contributed by atoms with Gasteiger partial charge in [-0.15, -0.1) is 11.8 Å². The number of thioether (sulfide) groups is 1. The molecule has 0 amide bonds. The van der Waals surface area contributed by atoms with E-state index in [1.54, 1.807) is 0 Å². The Morgan fingerprint density at radius 2 is 2.43 bits per heavy atom. The third kappa shape index (κ3) is 1.13. The van der Waals surface area contributed by atoms with Gasteiger partial charge in [-0.25, -0.2) is 4.39 Å². The minimum atomic E-state index is -0.134. The second-order valence-electron chi connectivity index (χ2n) is 4.10. The quantitative estimate of drug-likeness (QED) is 0.716. The number of nitrogens with two attached hydrogens (primary N) is 1. The number of fused-ring (bicyclic) bond motifs is 1. The van der Waals surface area contributed by atoms with Crippen LogP contribution in [0.4, 0.5) is 4.39 Å². The Balaban J connectivity index is 1.85. The molecule has 2 nitrogen and oxygen atoms in total. The van der Waals surface area contributed by atoms with Crippen LogP contribution in [0.5, 0.6) is 0 Å². The average Bonchev–Trinajstić information content (AvgIpc) is 2.70. The molecule has 1 aliphatic carbocycles. The first-order chi connectivity index (χ1) is 6.75. The summed E-state index contributed by atoms with van der Waals surface area (Å²) in [5.41, 5.74) is 6.44. The normalized spacial score (nSPS) is 40.4. The van der Waals surface area contributed by atoms with E-state index in [0.717, 1.165) is 11.4 Å². The first kappa shape index (κ1) is 8.80. The summed E-state index contributed by atoms with van der Waals surface area (Å²) in [5.74, 6) is 1.12. The van der Waals surface area contributed by atoms with Gasteiger partial charge in [-0.1, -0.05) is 6.08 Å². The number of halogens is 1. The number of rotatable bonds is 1. The van der Waals surface area contributed by atoms with Crippen molar-refractivity contribution in [2.75, 3.05) is 5.75 Å². The highest BCUT2D eigenvalue weighted by Crippen LogP contribution is 2.48. The molecule has 0 aromatic heterocycles. The van der Waals surface area contributed by atoms with Crippen LogP contribution in [0.25, 0.3) is 0 Å². The molecule has 0 aromatic rings. The lowest BCUT2D eigenvalue weighted by atomic mass is 9.99. The van der Waals surface area contributed by atoms with Crippen molar-refractivity contribution in [3.05, 3.63) is 23.7 Å². The van der Waals surface area contributed by atoms with Gasteiger partial charge in [0.05, 0.1) is 11.1 Å². The second kappa shape index (κ2) is 3.00. The van der Waals surface area contributed by atoms with E-state index in [0.29, 0.717) is 17.8 Å². The van der Waals surface area contributed by atoms with Gasteiger partial charge in [0, 0.05) is 24.3 Å². The molecule has 0 aromatic carbocycles. The lowest BCUT2D eigenvalue weighted by Gasteiger charge is -2.43. The second-order valence-corrected chi connectivity index (χ2v) is 5.31. The molecule has 3 aliphatic heterocycles. The lowest BCUT2D eigenvalue weighted by molar-refractivity contribution is 0.150. The SMILES string of the molecule is NC1C=CC(N2C3CSC2C3)=C(F)C1. The molecule has 3 saturated heterocycles. The van der Waals surface area contributed by atoms with Gasteiger partial charge in [0.15, 0.2) is 0 Å².